The first-order valence-electron chi connectivity index (χ1n) is 18.9. The van der Waals surface area contributed by atoms with Crippen LogP contribution in [0.2, 0.25) is 0 Å². The van der Waals surface area contributed by atoms with Gasteiger partial charge in [-0.25, -0.2) is 9.97 Å². The van der Waals surface area contributed by atoms with E-state index in [1.165, 1.54) is 77.9 Å². The number of nitrogens with zero attached hydrogens (tertiary/aromatic N) is 2. The van der Waals surface area contributed by atoms with Gasteiger partial charge in [0.25, 0.3) is 0 Å². The molecule has 4 nitrogen and oxygen atoms in total. The molecule has 6 aromatic carbocycles. The molecular weight excluding hydrogens is 659 g/mol. The SMILES string of the molecule is CC1(C)c2cc(B(O)O)ccc2-c2ccc(-c3ccc4c(c3)C(C)(C)c3cc(-c5ccc6c(c5)C(C)(C)c5cc(-c7ncccn7)ccc5-6)ccc3-4)cc21. The lowest BCUT2D eigenvalue weighted by Gasteiger charge is -2.24. The Labute approximate surface area is 317 Å². The van der Waals surface area contributed by atoms with Crippen LogP contribution in [0, 0.1) is 0 Å². The molecule has 0 saturated heterocycles. The quantitative estimate of drug-likeness (QED) is 0.180. The zero-order valence-electron chi connectivity index (χ0n) is 31.5. The van der Waals surface area contributed by atoms with Crippen LogP contribution >= 0.6 is 0 Å². The molecule has 2 N–H and O–H groups in total. The van der Waals surface area contributed by atoms with Gasteiger partial charge in [0.15, 0.2) is 5.82 Å². The molecule has 0 spiro atoms. The van der Waals surface area contributed by atoms with E-state index in [1.807, 2.05) is 24.3 Å². The van der Waals surface area contributed by atoms with Crippen molar-refractivity contribution in [3.63, 3.8) is 0 Å². The highest BCUT2D eigenvalue weighted by molar-refractivity contribution is 6.58. The van der Waals surface area contributed by atoms with Crippen molar-refractivity contribution in [3.05, 3.63) is 161 Å². The van der Waals surface area contributed by atoms with E-state index in [1.54, 1.807) is 12.4 Å². The third kappa shape index (κ3) is 4.58. The maximum Gasteiger partial charge on any atom is 0.488 e. The third-order valence-electron chi connectivity index (χ3n) is 12.8. The number of fused-ring (bicyclic) bond motifs is 9. The molecule has 0 atom stereocenters. The van der Waals surface area contributed by atoms with Crippen molar-refractivity contribution in [1.82, 2.24) is 9.97 Å². The van der Waals surface area contributed by atoms with E-state index >= 15 is 0 Å². The summed E-state index contributed by atoms with van der Waals surface area (Å²) in [5.41, 5.74) is 21.2. The minimum Gasteiger partial charge on any atom is -0.423 e. The van der Waals surface area contributed by atoms with Crippen molar-refractivity contribution in [2.45, 2.75) is 57.8 Å². The van der Waals surface area contributed by atoms with Crippen LogP contribution in [0.25, 0.3) is 67.0 Å². The Kier molecular flexibility index (Phi) is 6.85. The average molecular weight is 701 g/mol. The molecule has 0 bridgehead atoms. The Bertz CT molecular complexity index is 2730. The molecule has 10 rings (SSSR count). The normalized spacial score (nSPS) is 15.9. The van der Waals surface area contributed by atoms with E-state index in [9.17, 15) is 10.0 Å². The van der Waals surface area contributed by atoms with E-state index in [-0.39, 0.29) is 16.2 Å². The molecule has 0 unspecified atom stereocenters. The lowest BCUT2D eigenvalue weighted by Crippen LogP contribution is -2.31. The van der Waals surface area contributed by atoms with E-state index in [0.29, 0.717) is 5.46 Å². The summed E-state index contributed by atoms with van der Waals surface area (Å²) in [5.74, 6) is 0.754. The maximum absolute atomic E-state index is 9.87. The first-order chi connectivity index (χ1) is 25.8. The predicted molar refractivity (Wildman–Crippen MR) is 221 cm³/mol. The van der Waals surface area contributed by atoms with Crippen LogP contribution in [0.4, 0.5) is 0 Å². The maximum atomic E-state index is 9.87. The summed E-state index contributed by atoms with van der Waals surface area (Å²) in [5, 5.41) is 19.7. The van der Waals surface area contributed by atoms with Crippen LogP contribution in [-0.2, 0) is 16.2 Å². The fraction of sp³-hybridized carbons (Fsp3) is 0.184. The Morgan fingerprint density at radius 2 is 0.685 bits per heavy atom. The number of hydrogen-bond acceptors (Lipinski definition) is 4. The Morgan fingerprint density at radius 1 is 0.389 bits per heavy atom. The standard InChI is InChI=1S/C49H41BN2O2/c1-47(2)40-22-28(30-10-16-36-38-18-12-32(46-51-20-7-21-52-46)26-44(38)48(3,4)42(36)24-30)8-14-34(40)35-15-9-29(23-41(35)47)31-11-17-37-39-19-13-33(50(53)54)27-45(39)49(5,6)43(37)25-31/h7-27,53-54H,1-6H3. The highest BCUT2D eigenvalue weighted by Crippen LogP contribution is 2.54. The Hall–Kier alpha value is -5.62. The summed E-state index contributed by atoms with van der Waals surface area (Å²) >= 11 is 0. The van der Waals surface area contributed by atoms with Crippen LogP contribution in [-0.4, -0.2) is 27.1 Å². The molecule has 0 fully saturated rings. The van der Waals surface area contributed by atoms with Gasteiger partial charge in [0.05, 0.1) is 0 Å². The highest BCUT2D eigenvalue weighted by atomic mass is 16.4. The number of rotatable bonds is 4. The molecule has 3 aliphatic rings. The Morgan fingerprint density at radius 3 is 1.04 bits per heavy atom. The molecule has 262 valence electrons. The molecule has 7 aromatic rings. The van der Waals surface area contributed by atoms with Crippen LogP contribution in [0.5, 0.6) is 0 Å². The van der Waals surface area contributed by atoms with E-state index in [4.69, 9.17) is 0 Å². The third-order valence-corrected chi connectivity index (χ3v) is 12.8. The van der Waals surface area contributed by atoms with Crippen molar-refractivity contribution in [3.8, 4) is 67.0 Å². The summed E-state index contributed by atoms with van der Waals surface area (Å²) in [6, 6.07) is 42.1. The van der Waals surface area contributed by atoms with Gasteiger partial charge in [-0.15, -0.1) is 0 Å². The second kappa shape index (κ2) is 11.2. The van der Waals surface area contributed by atoms with Crippen molar-refractivity contribution in [2.24, 2.45) is 0 Å². The number of benzene rings is 6. The van der Waals surface area contributed by atoms with Gasteiger partial charge in [-0.05, 0) is 131 Å². The van der Waals surface area contributed by atoms with Gasteiger partial charge in [0.2, 0.25) is 0 Å². The first kappa shape index (κ1) is 33.0. The molecule has 54 heavy (non-hydrogen) atoms. The van der Waals surface area contributed by atoms with Crippen molar-refractivity contribution in [1.29, 1.82) is 0 Å². The Balaban J connectivity index is 0.983. The predicted octanol–water partition coefficient (Wildman–Crippen LogP) is 10.1. The summed E-state index contributed by atoms with van der Waals surface area (Å²) < 4.78 is 0. The van der Waals surface area contributed by atoms with Crippen LogP contribution in [0.15, 0.2) is 128 Å². The first-order valence-corrected chi connectivity index (χ1v) is 18.9. The van der Waals surface area contributed by atoms with E-state index in [0.717, 1.165) is 22.5 Å². The lowest BCUT2D eigenvalue weighted by molar-refractivity contribution is 0.425. The molecule has 0 saturated carbocycles. The average Bonchev–Trinajstić information content (AvgIpc) is 3.66. The molecule has 0 amide bonds. The van der Waals surface area contributed by atoms with Gasteiger partial charge in [0, 0.05) is 34.2 Å². The van der Waals surface area contributed by atoms with Gasteiger partial charge in [0.1, 0.15) is 0 Å². The summed E-state index contributed by atoms with van der Waals surface area (Å²) in [7, 11) is -1.48. The minimum absolute atomic E-state index is 0.158. The smallest absolute Gasteiger partial charge is 0.423 e. The van der Waals surface area contributed by atoms with Gasteiger partial charge in [-0.3, -0.25) is 0 Å². The van der Waals surface area contributed by atoms with Crippen molar-refractivity contribution < 1.29 is 10.0 Å². The second-order valence-electron chi connectivity index (χ2n) is 16.9. The van der Waals surface area contributed by atoms with Crippen molar-refractivity contribution in [2.75, 3.05) is 0 Å². The van der Waals surface area contributed by atoms with Crippen LogP contribution in [0.3, 0.4) is 0 Å². The second-order valence-corrected chi connectivity index (χ2v) is 16.9. The fourth-order valence-electron chi connectivity index (χ4n) is 9.70. The largest absolute Gasteiger partial charge is 0.488 e. The van der Waals surface area contributed by atoms with Crippen LogP contribution < -0.4 is 5.46 Å². The van der Waals surface area contributed by atoms with Crippen LogP contribution in [0.1, 0.15) is 74.9 Å². The molecule has 0 radical (unpaired) electrons. The summed E-state index contributed by atoms with van der Waals surface area (Å²) in [4.78, 5) is 9.02. The zero-order chi connectivity index (χ0) is 37.3. The van der Waals surface area contributed by atoms with Crippen molar-refractivity contribution >= 4 is 12.6 Å². The van der Waals surface area contributed by atoms with Gasteiger partial charge in [-0.1, -0.05) is 120 Å². The fourth-order valence-corrected chi connectivity index (χ4v) is 9.70. The molecule has 1 aromatic heterocycles. The number of hydrogen-bond donors (Lipinski definition) is 2. The summed E-state index contributed by atoms with van der Waals surface area (Å²) in [6.07, 6.45) is 3.60. The molecule has 3 aliphatic carbocycles. The van der Waals surface area contributed by atoms with E-state index in [2.05, 4.69) is 143 Å². The minimum atomic E-state index is -1.48. The van der Waals surface area contributed by atoms with Gasteiger partial charge >= 0.3 is 7.12 Å². The highest BCUT2D eigenvalue weighted by Gasteiger charge is 2.39. The molecular formula is C49H41BN2O2. The molecule has 0 aliphatic heterocycles. The topological polar surface area (TPSA) is 66.2 Å². The zero-order valence-corrected chi connectivity index (χ0v) is 31.5. The molecule has 1 heterocycles. The molecule has 5 heteroatoms. The summed E-state index contributed by atoms with van der Waals surface area (Å²) in [6.45, 7) is 13.8. The van der Waals surface area contributed by atoms with E-state index < -0.39 is 7.12 Å². The number of aromatic nitrogens is 2. The monoisotopic (exact) mass is 700 g/mol. The van der Waals surface area contributed by atoms with Gasteiger partial charge in [-0.2, -0.15) is 0 Å². The van der Waals surface area contributed by atoms with Gasteiger partial charge < -0.3 is 10.0 Å². The lowest BCUT2D eigenvalue weighted by atomic mass is 9.75.